The molecule has 0 bridgehead atoms. The molecule has 0 N–H and O–H groups in total. The maximum Gasteiger partial charge on any atom is 0.0622 e. The minimum Gasteiger partial charge on any atom is -0.313 e. The predicted molar refractivity (Wildman–Crippen MR) is 178 cm³/mol. The number of hydrogen-bond acceptors (Lipinski definition) is 0. The van der Waals surface area contributed by atoms with Gasteiger partial charge in [0.15, 0.2) is 0 Å². The number of aromatic nitrogens is 1. The first-order valence-electron chi connectivity index (χ1n) is 14.3. The summed E-state index contributed by atoms with van der Waals surface area (Å²) in [6.45, 7) is 4.37. The third-order valence-electron chi connectivity index (χ3n) is 8.65. The van der Waals surface area contributed by atoms with Gasteiger partial charge in [0.25, 0.3) is 0 Å². The van der Waals surface area contributed by atoms with Crippen LogP contribution in [0.4, 0.5) is 0 Å². The molecular weight excluding hydrogens is 494 g/mol. The van der Waals surface area contributed by atoms with Crippen molar-refractivity contribution in [3.63, 3.8) is 0 Å². The van der Waals surface area contributed by atoms with E-state index in [4.69, 9.17) is 0 Å². The summed E-state index contributed by atoms with van der Waals surface area (Å²) in [6, 6.07) is 46.6. The molecule has 0 aliphatic rings. The SMILES string of the molecule is C/C=C\c1c(C)n(-c2ccc(-c3ccc4ccccc4c3)cc2)c2c3ccc4ccccc4c3c3ccccc3c12. The topological polar surface area (TPSA) is 4.93 Å². The van der Waals surface area contributed by atoms with E-state index in [1.54, 1.807) is 0 Å². The number of rotatable bonds is 3. The van der Waals surface area contributed by atoms with Crippen LogP contribution in [-0.4, -0.2) is 4.57 Å². The number of allylic oxidation sites excluding steroid dienone is 1. The average molecular weight is 524 g/mol. The standard InChI is InChI=1S/C40H29N/c1-3-10-33-26(2)41(32-22-19-28(20-23-32)31-18-17-27-11-4-5-13-30(27)25-31)40-37-24-21-29-12-6-7-14-34(29)38(37)35-15-8-9-16-36(35)39(33)40/h3-25H,1-2H3/b10-3-. The fourth-order valence-corrected chi connectivity index (χ4v) is 6.78. The van der Waals surface area contributed by atoms with Crippen LogP contribution in [0, 0.1) is 6.92 Å². The highest BCUT2D eigenvalue weighted by atomic mass is 15.0. The summed E-state index contributed by atoms with van der Waals surface area (Å²) < 4.78 is 2.47. The molecule has 0 amide bonds. The van der Waals surface area contributed by atoms with Crippen LogP contribution in [0.1, 0.15) is 18.2 Å². The highest BCUT2D eigenvalue weighted by Gasteiger charge is 2.21. The fourth-order valence-electron chi connectivity index (χ4n) is 6.78. The Labute approximate surface area is 239 Å². The first kappa shape index (κ1) is 23.7. The van der Waals surface area contributed by atoms with Crippen molar-refractivity contribution < 1.29 is 0 Å². The van der Waals surface area contributed by atoms with E-state index in [1.807, 2.05) is 0 Å². The second-order valence-electron chi connectivity index (χ2n) is 10.9. The van der Waals surface area contributed by atoms with E-state index >= 15 is 0 Å². The molecule has 0 fully saturated rings. The summed E-state index contributed by atoms with van der Waals surface area (Å²) in [4.78, 5) is 0. The largest absolute Gasteiger partial charge is 0.313 e. The summed E-state index contributed by atoms with van der Waals surface area (Å²) in [5, 5.41) is 11.6. The van der Waals surface area contributed by atoms with Gasteiger partial charge in [-0.05, 0) is 80.9 Å². The van der Waals surface area contributed by atoms with Crippen LogP contribution in [0.15, 0.2) is 133 Å². The molecular formula is C40H29N. The number of hydrogen-bond donors (Lipinski definition) is 0. The molecule has 0 aliphatic carbocycles. The molecule has 194 valence electrons. The van der Waals surface area contributed by atoms with Crippen LogP contribution in [0.3, 0.4) is 0 Å². The molecule has 0 aliphatic heterocycles. The number of benzene rings is 7. The summed E-state index contributed by atoms with van der Waals surface area (Å²) in [5.74, 6) is 0. The first-order valence-corrected chi connectivity index (χ1v) is 14.3. The van der Waals surface area contributed by atoms with Crippen molar-refractivity contribution in [2.45, 2.75) is 13.8 Å². The van der Waals surface area contributed by atoms with Crippen LogP contribution < -0.4 is 0 Å². The summed E-state index contributed by atoms with van der Waals surface area (Å²) in [6.07, 6.45) is 4.44. The van der Waals surface area contributed by atoms with Gasteiger partial charge in [0.2, 0.25) is 0 Å². The van der Waals surface area contributed by atoms with Crippen molar-refractivity contribution in [1.29, 1.82) is 0 Å². The number of fused-ring (bicyclic) bond motifs is 9. The molecule has 8 aromatic rings. The van der Waals surface area contributed by atoms with Crippen molar-refractivity contribution in [2.24, 2.45) is 0 Å². The molecule has 41 heavy (non-hydrogen) atoms. The molecule has 1 heterocycles. The maximum atomic E-state index is 2.47. The molecule has 1 nitrogen and oxygen atoms in total. The molecule has 8 rings (SSSR count). The van der Waals surface area contributed by atoms with Gasteiger partial charge in [-0.2, -0.15) is 0 Å². The third kappa shape index (κ3) is 3.56. The lowest BCUT2D eigenvalue weighted by molar-refractivity contribution is 1.05. The van der Waals surface area contributed by atoms with Gasteiger partial charge in [0.05, 0.1) is 5.52 Å². The van der Waals surface area contributed by atoms with Crippen molar-refractivity contribution >= 4 is 60.1 Å². The number of nitrogens with zero attached hydrogens (tertiary/aromatic N) is 1. The van der Waals surface area contributed by atoms with Crippen molar-refractivity contribution in [1.82, 2.24) is 4.57 Å². The van der Waals surface area contributed by atoms with Gasteiger partial charge in [-0.3, -0.25) is 0 Å². The Morgan fingerprint density at radius 2 is 1.12 bits per heavy atom. The van der Waals surface area contributed by atoms with Crippen molar-refractivity contribution in [2.75, 3.05) is 0 Å². The van der Waals surface area contributed by atoms with Crippen LogP contribution >= 0.6 is 0 Å². The van der Waals surface area contributed by atoms with Gasteiger partial charge in [-0.25, -0.2) is 0 Å². The normalized spacial score (nSPS) is 12.0. The Balaban J connectivity index is 1.44. The molecule has 0 saturated heterocycles. The lowest BCUT2D eigenvalue weighted by Crippen LogP contribution is -1.97. The van der Waals surface area contributed by atoms with Crippen molar-refractivity contribution in [3.05, 3.63) is 145 Å². The van der Waals surface area contributed by atoms with E-state index in [2.05, 4.69) is 158 Å². The Bertz CT molecular complexity index is 2310. The minimum absolute atomic E-state index is 1.18. The van der Waals surface area contributed by atoms with E-state index in [-0.39, 0.29) is 0 Å². The van der Waals surface area contributed by atoms with Crippen LogP contribution in [0.5, 0.6) is 0 Å². The zero-order valence-corrected chi connectivity index (χ0v) is 23.2. The van der Waals surface area contributed by atoms with E-state index < -0.39 is 0 Å². The fraction of sp³-hybridized carbons (Fsp3) is 0.0500. The lowest BCUT2D eigenvalue weighted by Gasteiger charge is -2.15. The second kappa shape index (κ2) is 9.21. The first-order chi connectivity index (χ1) is 20.2. The molecule has 1 heteroatoms. The quantitative estimate of drug-likeness (QED) is 0.203. The van der Waals surface area contributed by atoms with Crippen LogP contribution in [0.25, 0.3) is 76.9 Å². The monoisotopic (exact) mass is 523 g/mol. The maximum absolute atomic E-state index is 2.47. The molecule has 0 radical (unpaired) electrons. The zero-order chi connectivity index (χ0) is 27.5. The Kier molecular flexibility index (Phi) is 5.33. The highest BCUT2D eigenvalue weighted by molar-refractivity contribution is 6.32. The Morgan fingerprint density at radius 1 is 0.512 bits per heavy atom. The second-order valence-corrected chi connectivity index (χ2v) is 10.9. The average Bonchev–Trinajstić information content (AvgIpc) is 3.32. The predicted octanol–water partition coefficient (Wildman–Crippen LogP) is 11.3. The van der Waals surface area contributed by atoms with E-state index in [1.165, 1.54) is 82.1 Å². The van der Waals surface area contributed by atoms with Gasteiger partial charge >= 0.3 is 0 Å². The van der Waals surface area contributed by atoms with Crippen LogP contribution in [-0.2, 0) is 0 Å². The van der Waals surface area contributed by atoms with E-state index in [0.29, 0.717) is 0 Å². The molecule has 0 spiro atoms. The van der Waals surface area contributed by atoms with Gasteiger partial charge in [-0.1, -0.05) is 121 Å². The highest BCUT2D eigenvalue weighted by Crippen LogP contribution is 2.43. The summed E-state index contributed by atoms with van der Waals surface area (Å²) >= 11 is 0. The van der Waals surface area contributed by atoms with Gasteiger partial charge in [0.1, 0.15) is 0 Å². The van der Waals surface area contributed by atoms with Gasteiger partial charge in [0, 0.05) is 27.7 Å². The van der Waals surface area contributed by atoms with Crippen molar-refractivity contribution in [3.8, 4) is 16.8 Å². The summed E-state index contributed by atoms with van der Waals surface area (Å²) in [5.41, 5.74) is 7.45. The molecule has 0 saturated carbocycles. The summed E-state index contributed by atoms with van der Waals surface area (Å²) in [7, 11) is 0. The smallest absolute Gasteiger partial charge is 0.0622 e. The molecule has 7 aromatic carbocycles. The molecule has 0 atom stereocenters. The van der Waals surface area contributed by atoms with E-state index in [9.17, 15) is 0 Å². The Hall–Kier alpha value is -5.14. The Morgan fingerprint density at radius 3 is 1.88 bits per heavy atom. The molecule has 1 aromatic heterocycles. The third-order valence-corrected chi connectivity index (χ3v) is 8.65. The minimum atomic E-state index is 1.18. The van der Waals surface area contributed by atoms with Crippen LogP contribution in [0.2, 0.25) is 0 Å². The van der Waals surface area contributed by atoms with Gasteiger partial charge in [-0.15, -0.1) is 0 Å². The molecule has 0 unspecified atom stereocenters. The lowest BCUT2D eigenvalue weighted by atomic mass is 9.92. The van der Waals surface area contributed by atoms with E-state index in [0.717, 1.165) is 0 Å². The zero-order valence-electron chi connectivity index (χ0n) is 23.2. The van der Waals surface area contributed by atoms with Gasteiger partial charge < -0.3 is 4.57 Å².